The molecule has 5 heteroatoms. The molecule has 0 N–H and O–H groups in total. The Morgan fingerprint density at radius 3 is 2.62 bits per heavy atom. The van der Waals surface area contributed by atoms with E-state index in [1.54, 1.807) is 0 Å². The number of rotatable bonds is 6. The van der Waals surface area contributed by atoms with Gasteiger partial charge in [-0.1, -0.05) is 18.2 Å². The van der Waals surface area contributed by atoms with E-state index in [0.717, 1.165) is 59.5 Å². The Hall–Kier alpha value is -3.08. The summed E-state index contributed by atoms with van der Waals surface area (Å²) < 4.78 is 5.99. The zero-order valence-corrected chi connectivity index (χ0v) is 16.8. The van der Waals surface area contributed by atoms with Crippen molar-refractivity contribution in [3.63, 3.8) is 0 Å². The molecule has 1 aromatic heterocycles. The second-order valence-corrected chi connectivity index (χ2v) is 7.48. The maximum absolute atomic E-state index is 12.2. The van der Waals surface area contributed by atoms with Crippen molar-refractivity contribution < 1.29 is 9.53 Å². The Kier molecular flexibility index (Phi) is 5.94. The number of nitrogens with zero attached hydrogens (tertiary/aromatic N) is 3. The summed E-state index contributed by atoms with van der Waals surface area (Å²) in [4.78, 5) is 18.7. The lowest BCUT2D eigenvalue weighted by molar-refractivity contribution is -0.130. The van der Waals surface area contributed by atoms with Gasteiger partial charge < -0.3 is 9.64 Å². The monoisotopic (exact) mass is 388 g/mol. The molecule has 149 valence electrons. The van der Waals surface area contributed by atoms with E-state index in [9.17, 15) is 4.79 Å². The quantitative estimate of drug-likeness (QED) is 0.630. The van der Waals surface area contributed by atoms with Gasteiger partial charge in [-0.15, -0.1) is 0 Å². The van der Waals surface area contributed by atoms with Crippen LogP contribution in [0.15, 0.2) is 54.6 Å². The molecule has 1 aliphatic rings. The Bertz CT molecular complexity index is 979. The van der Waals surface area contributed by atoms with Gasteiger partial charge in [-0.05, 0) is 62.6 Å². The van der Waals surface area contributed by atoms with E-state index in [-0.39, 0.29) is 12.5 Å². The predicted molar refractivity (Wildman–Crippen MR) is 114 cm³/mol. The van der Waals surface area contributed by atoms with Gasteiger partial charge in [0.25, 0.3) is 0 Å². The van der Waals surface area contributed by atoms with Crippen molar-refractivity contribution in [2.45, 2.75) is 32.8 Å². The minimum absolute atomic E-state index is 0.116. The van der Waals surface area contributed by atoms with Crippen molar-refractivity contribution in [3.8, 4) is 5.75 Å². The molecule has 2 aromatic carbocycles. The second-order valence-electron chi connectivity index (χ2n) is 7.48. The number of amides is 1. The van der Waals surface area contributed by atoms with Crippen molar-refractivity contribution in [2.24, 2.45) is 0 Å². The first-order chi connectivity index (χ1) is 14.2. The summed E-state index contributed by atoms with van der Waals surface area (Å²) in [6, 6.07) is 17.8. The van der Waals surface area contributed by atoms with E-state index in [0.29, 0.717) is 6.61 Å². The van der Waals surface area contributed by atoms with E-state index in [4.69, 9.17) is 4.74 Å². The minimum Gasteiger partial charge on any atom is -0.489 e. The first-order valence-electron chi connectivity index (χ1n) is 10.2. The van der Waals surface area contributed by atoms with Crippen LogP contribution >= 0.6 is 0 Å². The van der Waals surface area contributed by atoms with Crippen LogP contribution in [0.25, 0.3) is 10.9 Å². The highest BCUT2D eigenvalue weighted by atomic mass is 16.5. The summed E-state index contributed by atoms with van der Waals surface area (Å²) in [5.41, 5.74) is 3.88. The lowest BCUT2D eigenvalue weighted by Crippen LogP contribution is -2.38. The molecule has 1 saturated heterocycles. The SMILES string of the molecule is Cc1cc(COc2ccc([N]CC(=O)N3CCCCC3)cc2)c2ccccc2n1. The average Bonchev–Trinajstić information content (AvgIpc) is 2.77. The fourth-order valence-electron chi connectivity index (χ4n) is 3.73. The maximum Gasteiger partial charge on any atom is 0.244 e. The number of carbonyl (C=O) groups is 1. The minimum atomic E-state index is 0.116. The second kappa shape index (κ2) is 8.95. The molecule has 2 heterocycles. The Labute approximate surface area is 171 Å². The molecular formula is C24H26N3O2. The van der Waals surface area contributed by atoms with Gasteiger partial charge in [0.15, 0.2) is 0 Å². The Morgan fingerprint density at radius 2 is 1.83 bits per heavy atom. The van der Waals surface area contributed by atoms with Gasteiger partial charge >= 0.3 is 0 Å². The smallest absolute Gasteiger partial charge is 0.244 e. The number of aromatic nitrogens is 1. The molecule has 0 unspecified atom stereocenters. The van der Waals surface area contributed by atoms with Crippen molar-refractivity contribution >= 4 is 22.5 Å². The molecule has 0 bridgehead atoms. The number of pyridine rings is 1. The topological polar surface area (TPSA) is 56.5 Å². The van der Waals surface area contributed by atoms with Crippen molar-refractivity contribution in [1.82, 2.24) is 15.2 Å². The molecule has 0 atom stereocenters. The van der Waals surface area contributed by atoms with Crippen LogP contribution in [0.4, 0.5) is 5.69 Å². The van der Waals surface area contributed by atoms with E-state index in [2.05, 4.69) is 22.4 Å². The third kappa shape index (κ3) is 4.86. The van der Waals surface area contributed by atoms with Crippen LogP contribution in [0.3, 0.4) is 0 Å². The van der Waals surface area contributed by atoms with Gasteiger partial charge in [0.05, 0.1) is 11.2 Å². The normalized spacial score (nSPS) is 14.0. The first-order valence-corrected chi connectivity index (χ1v) is 10.2. The van der Waals surface area contributed by atoms with Gasteiger partial charge in [0, 0.05) is 29.7 Å². The Morgan fingerprint density at radius 1 is 1.07 bits per heavy atom. The standard InChI is InChI=1S/C24H26N3O2/c1-18-15-19(22-7-3-4-8-23(22)26-18)17-29-21-11-9-20(10-12-21)25-16-24(28)27-13-5-2-6-14-27/h3-4,7-12,15H,2,5-6,13-14,16-17H2,1H3. The highest BCUT2D eigenvalue weighted by Gasteiger charge is 2.16. The van der Waals surface area contributed by atoms with Gasteiger partial charge in [0.1, 0.15) is 18.9 Å². The molecule has 4 rings (SSSR count). The zero-order valence-electron chi connectivity index (χ0n) is 16.8. The van der Waals surface area contributed by atoms with Gasteiger partial charge in [-0.25, -0.2) is 0 Å². The Balaban J connectivity index is 1.33. The number of para-hydroxylation sites is 1. The zero-order chi connectivity index (χ0) is 20.1. The number of hydrogen-bond donors (Lipinski definition) is 0. The number of aryl methyl sites for hydroxylation is 1. The van der Waals surface area contributed by atoms with Crippen LogP contribution in [-0.2, 0) is 11.4 Å². The van der Waals surface area contributed by atoms with Crippen LogP contribution in [0, 0.1) is 6.92 Å². The number of likely N-dealkylation sites (tertiary alicyclic amines) is 1. The van der Waals surface area contributed by atoms with Crippen molar-refractivity contribution in [2.75, 3.05) is 19.6 Å². The lowest BCUT2D eigenvalue weighted by atomic mass is 10.1. The maximum atomic E-state index is 12.2. The molecule has 1 radical (unpaired) electrons. The summed E-state index contributed by atoms with van der Waals surface area (Å²) >= 11 is 0. The van der Waals surface area contributed by atoms with E-state index in [1.807, 2.05) is 54.3 Å². The van der Waals surface area contributed by atoms with Crippen LogP contribution in [0.1, 0.15) is 30.5 Å². The van der Waals surface area contributed by atoms with Crippen LogP contribution in [0.2, 0.25) is 0 Å². The lowest BCUT2D eigenvalue weighted by Gasteiger charge is -2.26. The number of carbonyl (C=O) groups excluding carboxylic acids is 1. The molecule has 5 nitrogen and oxygen atoms in total. The van der Waals surface area contributed by atoms with Crippen LogP contribution in [0.5, 0.6) is 5.75 Å². The molecule has 3 aromatic rings. The molecule has 1 aliphatic heterocycles. The number of fused-ring (bicyclic) bond motifs is 1. The molecule has 0 aliphatic carbocycles. The summed E-state index contributed by atoms with van der Waals surface area (Å²) in [5.74, 6) is 0.898. The van der Waals surface area contributed by atoms with E-state index < -0.39 is 0 Å². The average molecular weight is 388 g/mol. The van der Waals surface area contributed by atoms with Crippen molar-refractivity contribution in [3.05, 3.63) is 65.9 Å². The van der Waals surface area contributed by atoms with Gasteiger partial charge in [-0.3, -0.25) is 15.1 Å². The number of ether oxygens (including phenoxy) is 1. The molecule has 1 fully saturated rings. The highest BCUT2D eigenvalue weighted by Crippen LogP contribution is 2.22. The third-order valence-corrected chi connectivity index (χ3v) is 5.27. The van der Waals surface area contributed by atoms with Crippen LogP contribution < -0.4 is 10.1 Å². The summed E-state index contributed by atoms with van der Waals surface area (Å²) in [7, 11) is 0. The number of hydrogen-bond acceptors (Lipinski definition) is 3. The van der Waals surface area contributed by atoms with E-state index >= 15 is 0 Å². The molecule has 29 heavy (non-hydrogen) atoms. The summed E-state index contributed by atoms with van der Waals surface area (Å²) in [6.45, 7) is 4.42. The third-order valence-electron chi connectivity index (χ3n) is 5.27. The molecule has 0 saturated carbocycles. The van der Waals surface area contributed by atoms with Crippen molar-refractivity contribution in [1.29, 1.82) is 0 Å². The fourth-order valence-corrected chi connectivity index (χ4v) is 3.73. The van der Waals surface area contributed by atoms with Gasteiger partial charge in [-0.2, -0.15) is 0 Å². The fraction of sp³-hybridized carbons (Fsp3) is 0.333. The van der Waals surface area contributed by atoms with Gasteiger partial charge in [0.2, 0.25) is 5.91 Å². The largest absolute Gasteiger partial charge is 0.489 e. The highest BCUT2D eigenvalue weighted by molar-refractivity contribution is 5.82. The number of benzene rings is 2. The summed E-state index contributed by atoms with van der Waals surface area (Å²) in [6.07, 6.45) is 3.42. The number of piperidine rings is 1. The molecular weight excluding hydrogens is 362 g/mol. The molecule has 1 amide bonds. The van der Waals surface area contributed by atoms with Crippen LogP contribution in [-0.4, -0.2) is 35.4 Å². The predicted octanol–water partition coefficient (Wildman–Crippen LogP) is 4.37. The summed E-state index contributed by atoms with van der Waals surface area (Å²) in [5, 5.41) is 5.55. The molecule has 0 spiro atoms. The van der Waals surface area contributed by atoms with E-state index in [1.165, 1.54) is 6.42 Å². The first kappa shape index (κ1) is 19.2.